The zero-order chi connectivity index (χ0) is 18.4. The SMILES string of the molecule is O=C(CCNC(=O)c1ccsc1)OCc1nc(-c2ccc(Cl)cc2)no1. The van der Waals surface area contributed by atoms with Crippen LogP contribution in [-0.4, -0.2) is 28.6 Å². The van der Waals surface area contributed by atoms with E-state index in [0.717, 1.165) is 5.56 Å². The molecule has 3 rings (SSSR count). The molecule has 0 aliphatic carbocycles. The second-order valence-corrected chi connectivity index (χ2v) is 6.41. The van der Waals surface area contributed by atoms with E-state index >= 15 is 0 Å². The second-order valence-electron chi connectivity index (χ2n) is 5.20. The summed E-state index contributed by atoms with van der Waals surface area (Å²) in [5, 5.41) is 10.6. The lowest BCUT2D eigenvalue weighted by Gasteiger charge is -2.04. The van der Waals surface area contributed by atoms with Crippen molar-refractivity contribution in [1.82, 2.24) is 15.5 Å². The lowest BCUT2D eigenvalue weighted by Crippen LogP contribution is -2.26. The van der Waals surface area contributed by atoms with E-state index in [-0.39, 0.29) is 31.4 Å². The van der Waals surface area contributed by atoms with E-state index in [0.29, 0.717) is 16.4 Å². The van der Waals surface area contributed by atoms with Gasteiger partial charge in [0.05, 0.1) is 6.42 Å². The van der Waals surface area contributed by atoms with Crippen LogP contribution in [0.3, 0.4) is 0 Å². The molecular weight excluding hydrogens is 378 g/mol. The number of thiophene rings is 1. The van der Waals surface area contributed by atoms with Gasteiger partial charge >= 0.3 is 5.97 Å². The topological polar surface area (TPSA) is 94.3 Å². The lowest BCUT2D eigenvalue weighted by molar-refractivity contribution is -0.145. The van der Waals surface area contributed by atoms with Crippen LogP contribution in [0.5, 0.6) is 0 Å². The number of hydrogen-bond donors (Lipinski definition) is 1. The number of esters is 1. The Morgan fingerprint density at radius 2 is 2.04 bits per heavy atom. The molecule has 0 radical (unpaired) electrons. The van der Waals surface area contributed by atoms with Gasteiger partial charge in [0.25, 0.3) is 11.8 Å². The molecular formula is C17H14ClN3O4S. The smallest absolute Gasteiger partial charge is 0.308 e. The van der Waals surface area contributed by atoms with Gasteiger partial charge in [-0.2, -0.15) is 16.3 Å². The summed E-state index contributed by atoms with van der Waals surface area (Å²) in [5.74, 6) is -0.119. The van der Waals surface area contributed by atoms with Crippen LogP contribution < -0.4 is 5.32 Å². The van der Waals surface area contributed by atoms with E-state index in [1.54, 1.807) is 35.7 Å². The van der Waals surface area contributed by atoms with Crippen molar-refractivity contribution in [3.63, 3.8) is 0 Å². The average Bonchev–Trinajstić information content (AvgIpc) is 3.32. The van der Waals surface area contributed by atoms with E-state index in [4.69, 9.17) is 20.9 Å². The van der Waals surface area contributed by atoms with Crippen molar-refractivity contribution < 1.29 is 18.8 Å². The molecule has 1 N–H and O–H groups in total. The van der Waals surface area contributed by atoms with Crippen molar-refractivity contribution in [3.8, 4) is 11.4 Å². The van der Waals surface area contributed by atoms with Gasteiger partial charge in [-0.1, -0.05) is 16.8 Å². The first-order valence-corrected chi connectivity index (χ1v) is 8.98. The number of nitrogens with one attached hydrogen (secondary N) is 1. The highest BCUT2D eigenvalue weighted by molar-refractivity contribution is 7.08. The first-order valence-electron chi connectivity index (χ1n) is 7.66. The van der Waals surface area contributed by atoms with Crippen molar-refractivity contribution in [3.05, 3.63) is 57.6 Å². The third-order valence-corrected chi connectivity index (χ3v) is 4.26. The van der Waals surface area contributed by atoms with E-state index in [2.05, 4.69) is 15.5 Å². The van der Waals surface area contributed by atoms with Gasteiger partial charge in [0, 0.05) is 28.1 Å². The van der Waals surface area contributed by atoms with Gasteiger partial charge in [-0.15, -0.1) is 0 Å². The Kier molecular flexibility index (Phi) is 5.98. The Balaban J connectivity index is 1.42. The zero-order valence-electron chi connectivity index (χ0n) is 13.5. The van der Waals surface area contributed by atoms with E-state index < -0.39 is 5.97 Å². The number of carbonyl (C=O) groups is 2. The normalized spacial score (nSPS) is 10.5. The van der Waals surface area contributed by atoms with Crippen LogP contribution in [0.4, 0.5) is 0 Å². The van der Waals surface area contributed by atoms with Crippen LogP contribution in [0, 0.1) is 0 Å². The van der Waals surface area contributed by atoms with Crippen LogP contribution in [0.15, 0.2) is 45.6 Å². The summed E-state index contributed by atoms with van der Waals surface area (Å²) in [6.07, 6.45) is 0.0497. The Morgan fingerprint density at radius 1 is 1.23 bits per heavy atom. The van der Waals surface area contributed by atoms with Crippen molar-refractivity contribution in [1.29, 1.82) is 0 Å². The van der Waals surface area contributed by atoms with E-state index in [1.165, 1.54) is 11.3 Å². The number of amides is 1. The van der Waals surface area contributed by atoms with Crippen molar-refractivity contribution in [2.75, 3.05) is 6.54 Å². The monoisotopic (exact) mass is 391 g/mol. The summed E-state index contributed by atoms with van der Waals surface area (Å²) in [5.41, 5.74) is 1.32. The molecule has 9 heteroatoms. The van der Waals surface area contributed by atoms with Gasteiger partial charge < -0.3 is 14.6 Å². The average molecular weight is 392 g/mol. The summed E-state index contributed by atoms with van der Waals surface area (Å²) in [6, 6.07) is 8.68. The first kappa shape index (κ1) is 18.1. The lowest BCUT2D eigenvalue weighted by atomic mass is 10.2. The Bertz CT molecular complexity index is 878. The minimum absolute atomic E-state index is 0.0497. The summed E-state index contributed by atoms with van der Waals surface area (Å²) < 4.78 is 10.1. The van der Waals surface area contributed by atoms with Crippen LogP contribution in [-0.2, 0) is 16.1 Å². The van der Waals surface area contributed by atoms with Gasteiger partial charge in [0.2, 0.25) is 5.82 Å². The van der Waals surface area contributed by atoms with Crippen LogP contribution in [0.2, 0.25) is 5.02 Å². The standard InChI is InChI=1S/C17H14ClN3O4S/c18-13-3-1-11(2-4-13)16-20-14(25-21-16)9-24-15(22)5-7-19-17(23)12-6-8-26-10-12/h1-4,6,8,10H,5,7,9H2,(H,19,23). The number of carbonyl (C=O) groups excluding carboxylic acids is 2. The molecule has 1 amide bonds. The minimum Gasteiger partial charge on any atom is -0.456 e. The maximum atomic E-state index is 11.7. The molecule has 2 heterocycles. The molecule has 0 unspecified atom stereocenters. The Labute approximate surface area is 157 Å². The molecule has 0 saturated heterocycles. The van der Waals surface area contributed by atoms with Gasteiger partial charge in [0.1, 0.15) is 0 Å². The van der Waals surface area contributed by atoms with Crippen molar-refractivity contribution in [2.45, 2.75) is 13.0 Å². The number of hydrogen-bond acceptors (Lipinski definition) is 7. The maximum absolute atomic E-state index is 11.7. The first-order chi connectivity index (χ1) is 12.6. The minimum atomic E-state index is -0.470. The molecule has 0 aliphatic rings. The predicted molar refractivity (Wildman–Crippen MR) is 95.8 cm³/mol. The molecule has 0 saturated carbocycles. The van der Waals surface area contributed by atoms with Crippen molar-refractivity contribution in [2.24, 2.45) is 0 Å². The molecule has 0 spiro atoms. The fourth-order valence-electron chi connectivity index (χ4n) is 2.02. The van der Waals surface area contributed by atoms with E-state index in [9.17, 15) is 9.59 Å². The van der Waals surface area contributed by atoms with Gasteiger partial charge in [0.15, 0.2) is 6.61 Å². The molecule has 0 bridgehead atoms. The Hall–Kier alpha value is -2.71. The molecule has 3 aromatic rings. The van der Waals surface area contributed by atoms with E-state index in [1.807, 2.05) is 5.38 Å². The highest BCUT2D eigenvalue weighted by Crippen LogP contribution is 2.18. The summed E-state index contributed by atoms with van der Waals surface area (Å²) in [7, 11) is 0. The number of aromatic nitrogens is 2. The quantitative estimate of drug-likeness (QED) is 0.621. The largest absolute Gasteiger partial charge is 0.456 e. The van der Waals surface area contributed by atoms with Crippen LogP contribution in [0.1, 0.15) is 22.7 Å². The summed E-state index contributed by atoms with van der Waals surface area (Å²) >= 11 is 7.26. The number of halogens is 1. The second kappa shape index (κ2) is 8.59. The highest BCUT2D eigenvalue weighted by atomic mass is 35.5. The molecule has 0 aliphatic heterocycles. The maximum Gasteiger partial charge on any atom is 0.308 e. The fraction of sp³-hybridized carbons (Fsp3) is 0.176. The number of ether oxygens (including phenoxy) is 1. The molecule has 134 valence electrons. The fourth-order valence-corrected chi connectivity index (χ4v) is 2.78. The third-order valence-electron chi connectivity index (χ3n) is 3.33. The molecule has 0 atom stereocenters. The molecule has 1 aromatic carbocycles. The van der Waals surface area contributed by atoms with Gasteiger partial charge in [-0.05, 0) is 35.7 Å². The molecule has 26 heavy (non-hydrogen) atoms. The third kappa shape index (κ3) is 4.90. The predicted octanol–water partition coefficient (Wildman–Crippen LogP) is 3.31. The number of benzene rings is 1. The number of rotatable bonds is 7. The van der Waals surface area contributed by atoms with Crippen molar-refractivity contribution >= 4 is 34.8 Å². The summed E-state index contributed by atoms with van der Waals surface area (Å²) in [6.45, 7) is 0.0608. The molecule has 0 fully saturated rings. The van der Waals surface area contributed by atoms with Crippen LogP contribution >= 0.6 is 22.9 Å². The molecule has 7 nitrogen and oxygen atoms in total. The van der Waals surface area contributed by atoms with Gasteiger partial charge in [-0.3, -0.25) is 9.59 Å². The number of nitrogens with zero attached hydrogens (tertiary/aromatic N) is 2. The highest BCUT2D eigenvalue weighted by Gasteiger charge is 2.12. The summed E-state index contributed by atoms with van der Waals surface area (Å²) in [4.78, 5) is 27.6. The van der Waals surface area contributed by atoms with Gasteiger partial charge in [-0.25, -0.2) is 0 Å². The van der Waals surface area contributed by atoms with Crippen LogP contribution in [0.25, 0.3) is 11.4 Å². The zero-order valence-corrected chi connectivity index (χ0v) is 15.0. The Morgan fingerprint density at radius 3 is 2.77 bits per heavy atom. The molecule has 2 aromatic heterocycles.